The molecule has 0 N–H and O–H groups in total. The summed E-state index contributed by atoms with van der Waals surface area (Å²) in [5.41, 5.74) is -0.241. The van der Waals surface area contributed by atoms with E-state index in [0.717, 1.165) is 12.8 Å². The summed E-state index contributed by atoms with van der Waals surface area (Å²) in [6.07, 6.45) is 7.80. The quantitative estimate of drug-likeness (QED) is 0.437. The van der Waals surface area contributed by atoms with Gasteiger partial charge in [-0.2, -0.15) is 0 Å². The first-order valence-corrected chi connectivity index (χ1v) is 6.99. The predicted molar refractivity (Wildman–Crippen MR) is 72.1 cm³/mol. The van der Waals surface area contributed by atoms with Crippen LogP contribution in [0.2, 0.25) is 0 Å². The van der Waals surface area contributed by atoms with E-state index in [9.17, 15) is 4.79 Å². The van der Waals surface area contributed by atoms with Crippen LogP contribution in [0.3, 0.4) is 0 Å². The van der Waals surface area contributed by atoms with Gasteiger partial charge in [0.15, 0.2) is 0 Å². The molecule has 0 rings (SSSR count). The molecule has 0 aliphatic carbocycles. The Labute approximate surface area is 106 Å². The fourth-order valence-electron chi connectivity index (χ4n) is 1.58. The zero-order chi connectivity index (χ0) is 12.6. The molecule has 0 saturated carbocycles. The van der Waals surface area contributed by atoms with Gasteiger partial charge in [0, 0.05) is 17.2 Å². The molecular formula is C14H27ClO. The van der Waals surface area contributed by atoms with E-state index >= 15 is 0 Å². The number of unbranched alkanes of at least 4 members (excludes halogenated alkanes) is 4. The lowest BCUT2D eigenvalue weighted by Crippen LogP contribution is -2.23. The number of Topliss-reactive ketones (excluding diaryl/α,β-unsaturated/α-hetero) is 1. The molecule has 0 aliphatic heterocycles. The van der Waals surface area contributed by atoms with Crippen molar-refractivity contribution in [1.82, 2.24) is 0 Å². The third-order valence-electron chi connectivity index (χ3n) is 2.86. The highest BCUT2D eigenvalue weighted by Gasteiger charge is 2.23. The Balaban J connectivity index is 3.59. The van der Waals surface area contributed by atoms with Crippen LogP contribution < -0.4 is 0 Å². The summed E-state index contributed by atoms with van der Waals surface area (Å²) in [5.74, 6) is 0.279. The van der Waals surface area contributed by atoms with Crippen LogP contribution in [0.4, 0.5) is 0 Å². The van der Waals surface area contributed by atoms with E-state index in [1.54, 1.807) is 0 Å². The van der Waals surface area contributed by atoms with Gasteiger partial charge >= 0.3 is 0 Å². The van der Waals surface area contributed by atoms with E-state index in [1.165, 1.54) is 25.7 Å². The summed E-state index contributed by atoms with van der Waals surface area (Å²) in [6, 6.07) is 0. The SMILES string of the molecule is CCCCCCCC(Cl)CC(=O)C(C)(C)C. The highest BCUT2D eigenvalue weighted by molar-refractivity contribution is 6.21. The zero-order valence-electron chi connectivity index (χ0n) is 11.3. The van der Waals surface area contributed by atoms with Gasteiger partial charge in [-0.25, -0.2) is 0 Å². The third kappa shape index (κ3) is 8.15. The van der Waals surface area contributed by atoms with E-state index in [-0.39, 0.29) is 16.6 Å². The van der Waals surface area contributed by atoms with E-state index in [4.69, 9.17) is 11.6 Å². The summed E-state index contributed by atoms with van der Waals surface area (Å²) in [4.78, 5) is 11.7. The second-order valence-electron chi connectivity index (χ2n) is 5.68. The molecule has 16 heavy (non-hydrogen) atoms. The fourth-order valence-corrected chi connectivity index (χ4v) is 1.87. The van der Waals surface area contributed by atoms with Crippen LogP contribution in [-0.4, -0.2) is 11.2 Å². The summed E-state index contributed by atoms with van der Waals surface area (Å²) in [6.45, 7) is 8.09. The molecule has 0 aliphatic rings. The van der Waals surface area contributed by atoms with Gasteiger partial charge in [0.2, 0.25) is 0 Å². The molecular weight excluding hydrogens is 220 g/mol. The lowest BCUT2D eigenvalue weighted by atomic mass is 9.87. The second-order valence-corrected chi connectivity index (χ2v) is 6.29. The van der Waals surface area contributed by atoms with Crippen molar-refractivity contribution in [3.05, 3.63) is 0 Å². The minimum absolute atomic E-state index is 0.0355. The number of ketones is 1. The average Bonchev–Trinajstić information content (AvgIpc) is 2.16. The van der Waals surface area contributed by atoms with Gasteiger partial charge in [-0.1, -0.05) is 59.8 Å². The van der Waals surface area contributed by atoms with Crippen molar-refractivity contribution in [2.75, 3.05) is 0 Å². The first-order chi connectivity index (χ1) is 7.38. The second kappa shape index (κ2) is 8.11. The monoisotopic (exact) mass is 246 g/mol. The molecule has 0 radical (unpaired) electrons. The molecule has 0 bridgehead atoms. The molecule has 0 heterocycles. The highest BCUT2D eigenvalue weighted by Crippen LogP contribution is 2.22. The van der Waals surface area contributed by atoms with Gasteiger partial charge in [0.25, 0.3) is 0 Å². The van der Waals surface area contributed by atoms with Crippen molar-refractivity contribution in [2.24, 2.45) is 5.41 Å². The summed E-state index contributed by atoms with van der Waals surface area (Å²) in [5, 5.41) is 0.0355. The lowest BCUT2D eigenvalue weighted by Gasteiger charge is -2.18. The van der Waals surface area contributed by atoms with Crippen LogP contribution >= 0.6 is 11.6 Å². The van der Waals surface area contributed by atoms with E-state index in [0.29, 0.717) is 6.42 Å². The van der Waals surface area contributed by atoms with Crippen molar-refractivity contribution < 1.29 is 4.79 Å². The maximum absolute atomic E-state index is 11.7. The first kappa shape index (κ1) is 16.0. The zero-order valence-corrected chi connectivity index (χ0v) is 12.1. The Kier molecular flexibility index (Phi) is 8.09. The summed E-state index contributed by atoms with van der Waals surface area (Å²) < 4.78 is 0. The lowest BCUT2D eigenvalue weighted by molar-refractivity contribution is -0.126. The third-order valence-corrected chi connectivity index (χ3v) is 3.24. The normalized spacial score (nSPS) is 13.8. The van der Waals surface area contributed by atoms with Crippen molar-refractivity contribution in [1.29, 1.82) is 0 Å². The molecule has 96 valence electrons. The molecule has 0 saturated heterocycles. The number of alkyl halides is 1. The molecule has 1 atom stereocenters. The van der Waals surface area contributed by atoms with Crippen molar-refractivity contribution >= 4 is 17.4 Å². The maximum atomic E-state index is 11.7. The topological polar surface area (TPSA) is 17.1 Å². The number of halogens is 1. The van der Waals surface area contributed by atoms with Crippen LogP contribution in [0, 0.1) is 5.41 Å². The van der Waals surface area contributed by atoms with Gasteiger partial charge < -0.3 is 0 Å². The number of carbonyl (C=O) groups is 1. The van der Waals surface area contributed by atoms with Gasteiger partial charge in [0.1, 0.15) is 5.78 Å². The van der Waals surface area contributed by atoms with E-state index in [1.807, 2.05) is 20.8 Å². The molecule has 0 amide bonds. The Hall–Kier alpha value is -0.0400. The Morgan fingerprint density at radius 3 is 2.19 bits per heavy atom. The van der Waals surface area contributed by atoms with Crippen LogP contribution in [-0.2, 0) is 4.79 Å². The molecule has 0 spiro atoms. The molecule has 1 unspecified atom stereocenters. The van der Waals surface area contributed by atoms with Gasteiger partial charge in [-0.05, 0) is 6.42 Å². The van der Waals surface area contributed by atoms with E-state index in [2.05, 4.69) is 6.92 Å². The molecule has 0 fully saturated rings. The van der Waals surface area contributed by atoms with Crippen LogP contribution in [0.5, 0.6) is 0 Å². The van der Waals surface area contributed by atoms with Gasteiger partial charge in [-0.3, -0.25) is 4.79 Å². The van der Waals surface area contributed by atoms with Crippen molar-refractivity contribution in [2.45, 2.75) is 78.0 Å². The molecule has 2 heteroatoms. The van der Waals surface area contributed by atoms with Gasteiger partial charge in [0.05, 0.1) is 0 Å². The first-order valence-electron chi connectivity index (χ1n) is 6.55. The van der Waals surface area contributed by atoms with Crippen molar-refractivity contribution in [3.63, 3.8) is 0 Å². The minimum Gasteiger partial charge on any atom is -0.299 e. The molecule has 0 aromatic heterocycles. The molecule has 0 aromatic rings. The van der Waals surface area contributed by atoms with Crippen molar-refractivity contribution in [3.8, 4) is 0 Å². The largest absolute Gasteiger partial charge is 0.299 e. The van der Waals surface area contributed by atoms with E-state index < -0.39 is 0 Å². The van der Waals surface area contributed by atoms with Gasteiger partial charge in [-0.15, -0.1) is 11.6 Å². The number of rotatable bonds is 8. The Bertz CT molecular complexity index is 193. The maximum Gasteiger partial charge on any atom is 0.139 e. The number of hydrogen-bond donors (Lipinski definition) is 0. The standard InChI is InChI=1S/C14H27ClO/c1-5-6-7-8-9-10-12(15)11-13(16)14(2,3)4/h12H,5-11H2,1-4H3. The van der Waals surface area contributed by atoms with Crippen LogP contribution in [0.1, 0.15) is 72.6 Å². The average molecular weight is 247 g/mol. The highest BCUT2D eigenvalue weighted by atomic mass is 35.5. The number of hydrogen-bond acceptors (Lipinski definition) is 1. The Morgan fingerprint density at radius 1 is 1.12 bits per heavy atom. The predicted octanol–water partition coefficient (Wildman–Crippen LogP) is 4.96. The summed E-state index contributed by atoms with van der Waals surface area (Å²) in [7, 11) is 0. The summed E-state index contributed by atoms with van der Waals surface area (Å²) >= 11 is 6.17. The Morgan fingerprint density at radius 2 is 1.69 bits per heavy atom. The minimum atomic E-state index is -0.241. The van der Waals surface area contributed by atoms with Crippen LogP contribution in [0.15, 0.2) is 0 Å². The smallest absolute Gasteiger partial charge is 0.139 e. The fraction of sp³-hybridized carbons (Fsp3) is 0.929. The van der Waals surface area contributed by atoms with Crippen LogP contribution in [0.25, 0.3) is 0 Å². The molecule has 0 aromatic carbocycles. The number of carbonyl (C=O) groups excluding carboxylic acids is 1. The molecule has 1 nitrogen and oxygen atoms in total.